The summed E-state index contributed by atoms with van der Waals surface area (Å²) < 4.78 is 0. The maximum atomic E-state index is 12.3. The first-order valence-corrected chi connectivity index (χ1v) is 6.72. The summed E-state index contributed by atoms with van der Waals surface area (Å²) >= 11 is 0. The molecule has 6 nitrogen and oxygen atoms in total. The summed E-state index contributed by atoms with van der Waals surface area (Å²) in [4.78, 5) is 26.7. The summed E-state index contributed by atoms with van der Waals surface area (Å²) in [7, 11) is 1.62. The van der Waals surface area contributed by atoms with Crippen LogP contribution in [0.3, 0.4) is 0 Å². The SMILES string of the molecule is CN(CCC#N)C(=O)N1Cc2ccccc2C(C(=O)O)C1. The van der Waals surface area contributed by atoms with Gasteiger partial charge in [0.2, 0.25) is 0 Å². The third-order valence-corrected chi connectivity index (χ3v) is 3.65. The molecule has 1 N–H and O–H groups in total. The van der Waals surface area contributed by atoms with E-state index in [9.17, 15) is 14.7 Å². The van der Waals surface area contributed by atoms with Gasteiger partial charge in [0.25, 0.3) is 0 Å². The summed E-state index contributed by atoms with van der Waals surface area (Å²) in [5, 5.41) is 17.9. The Bertz CT molecular complexity index is 594. The van der Waals surface area contributed by atoms with Gasteiger partial charge in [-0.3, -0.25) is 4.79 Å². The zero-order valence-corrected chi connectivity index (χ0v) is 11.8. The number of aliphatic carboxylic acids is 1. The molecule has 21 heavy (non-hydrogen) atoms. The number of hydrogen-bond acceptors (Lipinski definition) is 3. The van der Waals surface area contributed by atoms with Gasteiger partial charge in [-0.15, -0.1) is 0 Å². The van der Waals surface area contributed by atoms with Crippen LogP contribution in [-0.2, 0) is 11.3 Å². The molecular weight excluding hydrogens is 270 g/mol. The lowest BCUT2D eigenvalue weighted by Gasteiger charge is -2.35. The highest BCUT2D eigenvalue weighted by molar-refractivity contribution is 5.80. The van der Waals surface area contributed by atoms with E-state index in [4.69, 9.17) is 5.26 Å². The van der Waals surface area contributed by atoms with Crippen molar-refractivity contribution in [2.75, 3.05) is 20.1 Å². The second-order valence-corrected chi connectivity index (χ2v) is 5.08. The van der Waals surface area contributed by atoms with Crippen molar-refractivity contribution in [2.24, 2.45) is 0 Å². The molecule has 1 aromatic rings. The second kappa shape index (κ2) is 6.27. The van der Waals surface area contributed by atoms with E-state index in [2.05, 4.69) is 0 Å². The van der Waals surface area contributed by atoms with Crippen molar-refractivity contribution in [1.82, 2.24) is 9.80 Å². The molecule has 0 bridgehead atoms. The molecule has 0 aromatic heterocycles. The molecule has 0 radical (unpaired) electrons. The monoisotopic (exact) mass is 287 g/mol. The van der Waals surface area contributed by atoms with Crippen LogP contribution >= 0.6 is 0 Å². The van der Waals surface area contributed by atoms with Crippen LogP contribution < -0.4 is 0 Å². The average molecular weight is 287 g/mol. The number of carboxylic acids is 1. The van der Waals surface area contributed by atoms with Gasteiger partial charge in [0, 0.05) is 26.7 Å². The highest BCUT2D eigenvalue weighted by atomic mass is 16.4. The van der Waals surface area contributed by atoms with Gasteiger partial charge >= 0.3 is 12.0 Å². The maximum Gasteiger partial charge on any atom is 0.320 e. The first-order chi connectivity index (χ1) is 10.0. The Kier molecular flexibility index (Phi) is 4.43. The zero-order chi connectivity index (χ0) is 15.4. The van der Waals surface area contributed by atoms with Crippen LogP contribution in [0.4, 0.5) is 4.79 Å². The highest BCUT2D eigenvalue weighted by Crippen LogP contribution is 2.28. The Morgan fingerprint density at radius 2 is 2.19 bits per heavy atom. The van der Waals surface area contributed by atoms with Crippen LogP contribution in [0, 0.1) is 11.3 Å². The number of carbonyl (C=O) groups is 2. The number of amides is 2. The smallest absolute Gasteiger partial charge is 0.320 e. The van der Waals surface area contributed by atoms with E-state index in [0.29, 0.717) is 13.1 Å². The highest BCUT2D eigenvalue weighted by Gasteiger charge is 2.33. The van der Waals surface area contributed by atoms with E-state index < -0.39 is 11.9 Å². The van der Waals surface area contributed by atoms with E-state index in [1.54, 1.807) is 13.1 Å². The molecule has 1 atom stereocenters. The first kappa shape index (κ1) is 14.9. The van der Waals surface area contributed by atoms with Crippen molar-refractivity contribution in [3.63, 3.8) is 0 Å². The number of nitriles is 1. The zero-order valence-electron chi connectivity index (χ0n) is 11.8. The lowest BCUT2D eigenvalue weighted by Crippen LogP contribution is -2.46. The van der Waals surface area contributed by atoms with E-state index >= 15 is 0 Å². The van der Waals surface area contributed by atoms with Gasteiger partial charge in [-0.05, 0) is 11.1 Å². The van der Waals surface area contributed by atoms with Gasteiger partial charge < -0.3 is 14.9 Å². The molecule has 1 unspecified atom stereocenters. The third-order valence-electron chi connectivity index (χ3n) is 3.65. The van der Waals surface area contributed by atoms with Gasteiger partial charge in [-0.1, -0.05) is 24.3 Å². The molecule has 1 aliphatic rings. The molecular formula is C15H17N3O3. The van der Waals surface area contributed by atoms with Crippen molar-refractivity contribution in [3.05, 3.63) is 35.4 Å². The molecule has 2 amide bonds. The van der Waals surface area contributed by atoms with Gasteiger partial charge in [0.15, 0.2) is 0 Å². The standard InChI is InChI=1S/C15H17N3O3/c1-17(8-4-7-16)15(21)18-9-11-5-2-3-6-12(11)13(10-18)14(19)20/h2-3,5-6,13H,4,8-10H2,1H3,(H,19,20). The molecule has 0 saturated heterocycles. The number of urea groups is 1. The summed E-state index contributed by atoms with van der Waals surface area (Å²) in [5.74, 6) is -1.64. The molecule has 0 aliphatic carbocycles. The summed E-state index contributed by atoms with van der Waals surface area (Å²) in [6, 6.07) is 9.05. The Morgan fingerprint density at radius 1 is 1.48 bits per heavy atom. The molecule has 6 heteroatoms. The predicted octanol–water partition coefficient (Wildman–Crippen LogP) is 1.64. The van der Waals surface area contributed by atoms with Crippen LogP contribution in [0.2, 0.25) is 0 Å². The maximum absolute atomic E-state index is 12.3. The molecule has 1 aromatic carbocycles. The van der Waals surface area contributed by atoms with E-state index in [1.807, 2.05) is 24.3 Å². The minimum absolute atomic E-state index is 0.155. The summed E-state index contributed by atoms with van der Waals surface area (Å²) in [6.45, 7) is 0.892. The number of fused-ring (bicyclic) bond motifs is 1. The number of nitrogens with zero attached hydrogens (tertiary/aromatic N) is 3. The first-order valence-electron chi connectivity index (χ1n) is 6.72. The normalized spacial score (nSPS) is 16.8. The number of carboxylic acid groups (broad SMARTS) is 1. The van der Waals surface area contributed by atoms with Crippen LogP contribution in [0.25, 0.3) is 0 Å². The Hall–Kier alpha value is -2.55. The molecule has 110 valence electrons. The van der Waals surface area contributed by atoms with Gasteiger partial charge in [0.1, 0.15) is 0 Å². The fourth-order valence-electron chi connectivity index (χ4n) is 2.52. The van der Waals surface area contributed by atoms with Crippen molar-refractivity contribution in [1.29, 1.82) is 5.26 Å². The van der Waals surface area contributed by atoms with Crippen LogP contribution in [0.5, 0.6) is 0 Å². The fourth-order valence-corrected chi connectivity index (χ4v) is 2.52. The van der Waals surface area contributed by atoms with Gasteiger partial charge in [-0.25, -0.2) is 4.79 Å². The number of carbonyl (C=O) groups excluding carboxylic acids is 1. The lowest BCUT2D eigenvalue weighted by molar-refractivity contribution is -0.139. The van der Waals surface area contributed by atoms with Crippen molar-refractivity contribution >= 4 is 12.0 Å². The minimum atomic E-state index is -0.931. The number of rotatable bonds is 3. The molecule has 2 rings (SSSR count). The van der Waals surface area contributed by atoms with Gasteiger partial charge in [0.05, 0.1) is 18.4 Å². The quantitative estimate of drug-likeness (QED) is 0.915. The predicted molar refractivity (Wildman–Crippen MR) is 75.5 cm³/mol. The third kappa shape index (κ3) is 3.14. The Balaban J connectivity index is 2.20. The Labute approximate surface area is 123 Å². The summed E-state index contributed by atoms with van der Waals surface area (Å²) in [6.07, 6.45) is 0.259. The largest absolute Gasteiger partial charge is 0.481 e. The fraction of sp³-hybridized carbons (Fsp3) is 0.400. The molecule has 0 fully saturated rings. The van der Waals surface area contributed by atoms with Crippen molar-refractivity contribution in [2.45, 2.75) is 18.9 Å². The van der Waals surface area contributed by atoms with E-state index in [0.717, 1.165) is 11.1 Å². The van der Waals surface area contributed by atoms with Crippen molar-refractivity contribution in [3.8, 4) is 6.07 Å². The van der Waals surface area contributed by atoms with E-state index in [1.165, 1.54) is 9.80 Å². The molecule has 1 heterocycles. The number of hydrogen-bond donors (Lipinski definition) is 1. The van der Waals surface area contributed by atoms with Crippen LogP contribution in [0.15, 0.2) is 24.3 Å². The second-order valence-electron chi connectivity index (χ2n) is 5.08. The Morgan fingerprint density at radius 3 is 2.86 bits per heavy atom. The number of benzene rings is 1. The topological polar surface area (TPSA) is 84.6 Å². The van der Waals surface area contributed by atoms with Crippen LogP contribution in [-0.4, -0.2) is 47.0 Å². The molecule has 1 aliphatic heterocycles. The van der Waals surface area contributed by atoms with E-state index in [-0.39, 0.29) is 19.0 Å². The van der Waals surface area contributed by atoms with Gasteiger partial charge in [-0.2, -0.15) is 5.26 Å². The van der Waals surface area contributed by atoms with Crippen molar-refractivity contribution < 1.29 is 14.7 Å². The average Bonchev–Trinajstić information content (AvgIpc) is 2.50. The molecule has 0 spiro atoms. The van der Waals surface area contributed by atoms with Crippen LogP contribution in [0.1, 0.15) is 23.5 Å². The summed E-state index contributed by atoms with van der Waals surface area (Å²) in [5.41, 5.74) is 1.63. The molecule has 0 saturated carbocycles. The minimum Gasteiger partial charge on any atom is -0.481 e. The lowest BCUT2D eigenvalue weighted by atomic mass is 9.90.